The highest BCUT2D eigenvalue weighted by Crippen LogP contribution is 2.15. The summed E-state index contributed by atoms with van der Waals surface area (Å²) >= 11 is 0. The van der Waals surface area contributed by atoms with Gasteiger partial charge in [-0.25, -0.2) is 4.79 Å². The van der Waals surface area contributed by atoms with Gasteiger partial charge in [-0.3, -0.25) is 5.32 Å². The van der Waals surface area contributed by atoms with Crippen LogP contribution in [0.3, 0.4) is 0 Å². The largest absolute Gasteiger partial charge is 0.444 e. The Bertz CT molecular complexity index is 405. The summed E-state index contributed by atoms with van der Waals surface area (Å²) in [4.78, 5) is 11.6. The van der Waals surface area contributed by atoms with Crippen LogP contribution in [0.5, 0.6) is 0 Å². The third kappa shape index (κ3) is 6.70. The van der Waals surface area contributed by atoms with Gasteiger partial charge in [-0.15, -0.1) is 0 Å². The molecule has 0 saturated carbocycles. The maximum absolute atomic E-state index is 11.6. The van der Waals surface area contributed by atoms with Crippen LogP contribution in [0.15, 0.2) is 24.3 Å². The van der Waals surface area contributed by atoms with Crippen LogP contribution in [0.25, 0.3) is 0 Å². The first kappa shape index (κ1) is 15.3. The third-order valence-electron chi connectivity index (χ3n) is 2.24. The molecule has 1 aromatic carbocycles. The Morgan fingerprint density at radius 2 is 1.68 bits per heavy atom. The third-order valence-corrected chi connectivity index (χ3v) is 2.24. The Hall–Kier alpha value is -1.71. The standard InChI is InChI=1S/C15H24N2O2/c1-11(2)10-16-12-6-8-13(9-7-12)17-14(18)19-15(3,4)5/h6-9,11,16H,10H2,1-5H3,(H,17,18). The monoisotopic (exact) mass is 264 g/mol. The minimum atomic E-state index is -0.483. The average Bonchev–Trinajstić information content (AvgIpc) is 2.25. The second-order valence-electron chi connectivity index (χ2n) is 5.98. The summed E-state index contributed by atoms with van der Waals surface area (Å²) in [6.45, 7) is 10.8. The number of amides is 1. The van der Waals surface area contributed by atoms with Crippen molar-refractivity contribution in [2.45, 2.75) is 40.2 Å². The fourth-order valence-corrected chi connectivity index (χ4v) is 1.41. The zero-order valence-corrected chi connectivity index (χ0v) is 12.4. The molecule has 1 aromatic rings. The van der Waals surface area contributed by atoms with Crippen molar-refractivity contribution in [1.82, 2.24) is 0 Å². The van der Waals surface area contributed by atoms with E-state index in [1.54, 1.807) is 0 Å². The lowest BCUT2D eigenvalue weighted by Gasteiger charge is -2.19. The highest BCUT2D eigenvalue weighted by atomic mass is 16.6. The lowest BCUT2D eigenvalue weighted by Crippen LogP contribution is -2.27. The molecular weight excluding hydrogens is 240 g/mol. The van der Waals surface area contributed by atoms with Gasteiger partial charge >= 0.3 is 6.09 Å². The molecular formula is C15H24N2O2. The van der Waals surface area contributed by atoms with Gasteiger partial charge in [0.15, 0.2) is 0 Å². The first-order chi connectivity index (χ1) is 8.76. The first-order valence-electron chi connectivity index (χ1n) is 6.60. The number of hydrogen-bond donors (Lipinski definition) is 2. The maximum Gasteiger partial charge on any atom is 0.412 e. The fourth-order valence-electron chi connectivity index (χ4n) is 1.41. The highest BCUT2D eigenvalue weighted by Gasteiger charge is 2.15. The molecule has 0 aliphatic rings. The summed E-state index contributed by atoms with van der Waals surface area (Å²) in [7, 11) is 0. The first-order valence-corrected chi connectivity index (χ1v) is 6.60. The van der Waals surface area contributed by atoms with Gasteiger partial charge in [-0.1, -0.05) is 13.8 Å². The Morgan fingerprint density at radius 3 is 2.16 bits per heavy atom. The molecule has 19 heavy (non-hydrogen) atoms. The average molecular weight is 264 g/mol. The molecule has 1 amide bonds. The molecule has 0 atom stereocenters. The van der Waals surface area contributed by atoms with Crippen molar-refractivity contribution in [3.63, 3.8) is 0 Å². The lowest BCUT2D eigenvalue weighted by molar-refractivity contribution is 0.0636. The summed E-state index contributed by atoms with van der Waals surface area (Å²) in [5.74, 6) is 0.597. The predicted molar refractivity (Wildman–Crippen MR) is 79.6 cm³/mol. The molecule has 0 heterocycles. The Balaban J connectivity index is 2.50. The second-order valence-corrected chi connectivity index (χ2v) is 5.98. The fraction of sp³-hybridized carbons (Fsp3) is 0.533. The maximum atomic E-state index is 11.6. The lowest BCUT2D eigenvalue weighted by atomic mass is 10.2. The van der Waals surface area contributed by atoms with Gasteiger partial charge < -0.3 is 10.1 Å². The van der Waals surface area contributed by atoms with E-state index >= 15 is 0 Å². The number of carbonyl (C=O) groups excluding carboxylic acids is 1. The van der Waals surface area contributed by atoms with Gasteiger partial charge in [0.2, 0.25) is 0 Å². The number of anilines is 2. The van der Waals surface area contributed by atoms with E-state index in [1.807, 2.05) is 45.0 Å². The van der Waals surface area contributed by atoms with Crippen molar-refractivity contribution in [2.24, 2.45) is 5.92 Å². The van der Waals surface area contributed by atoms with E-state index in [-0.39, 0.29) is 0 Å². The van der Waals surface area contributed by atoms with Crippen molar-refractivity contribution < 1.29 is 9.53 Å². The van der Waals surface area contributed by atoms with Crippen LogP contribution in [-0.4, -0.2) is 18.2 Å². The van der Waals surface area contributed by atoms with Crippen molar-refractivity contribution in [3.8, 4) is 0 Å². The zero-order valence-electron chi connectivity index (χ0n) is 12.4. The Labute approximate surface area is 115 Å². The molecule has 0 aromatic heterocycles. The van der Waals surface area contributed by atoms with Crippen molar-refractivity contribution in [1.29, 1.82) is 0 Å². The van der Waals surface area contributed by atoms with Crippen molar-refractivity contribution in [3.05, 3.63) is 24.3 Å². The summed E-state index contributed by atoms with van der Waals surface area (Å²) in [6.07, 6.45) is -0.435. The van der Waals surface area contributed by atoms with E-state index in [0.717, 1.165) is 17.9 Å². The van der Waals surface area contributed by atoms with Gasteiger partial charge in [0.05, 0.1) is 0 Å². The van der Waals surface area contributed by atoms with E-state index in [1.165, 1.54) is 0 Å². The summed E-state index contributed by atoms with van der Waals surface area (Å²) in [5.41, 5.74) is 1.29. The number of carbonyl (C=O) groups is 1. The van der Waals surface area contributed by atoms with Gasteiger partial charge in [-0.05, 0) is 51.0 Å². The van der Waals surface area contributed by atoms with Crippen LogP contribution in [0.2, 0.25) is 0 Å². The number of nitrogens with one attached hydrogen (secondary N) is 2. The topological polar surface area (TPSA) is 50.4 Å². The van der Waals surface area contributed by atoms with E-state index in [2.05, 4.69) is 24.5 Å². The molecule has 4 nitrogen and oxygen atoms in total. The quantitative estimate of drug-likeness (QED) is 0.860. The van der Waals surface area contributed by atoms with Crippen LogP contribution < -0.4 is 10.6 Å². The zero-order chi connectivity index (χ0) is 14.5. The number of benzene rings is 1. The number of hydrogen-bond acceptors (Lipinski definition) is 3. The summed E-state index contributed by atoms with van der Waals surface area (Å²) in [5, 5.41) is 6.02. The van der Waals surface area contributed by atoms with Crippen LogP contribution >= 0.6 is 0 Å². The molecule has 106 valence electrons. The number of rotatable bonds is 4. The van der Waals surface area contributed by atoms with Gasteiger partial charge in [0, 0.05) is 17.9 Å². The molecule has 0 radical (unpaired) electrons. The molecule has 0 aliphatic heterocycles. The van der Waals surface area contributed by atoms with Crippen molar-refractivity contribution in [2.75, 3.05) is 17.2 Å². The van der Waals surface area contributed by atoms with Crippen LogP contribution in [0.1, 0.15) is 34.6 Å². The Kier molecular flexibility index (Phi) is 5.21. The summed E-state index contributed by atoms with van der Waals surface area (Å²) in [6, 6.07) is 7.59. The van der Waals surface area contributed by atoms with Crippen LogP contribution in [-0.2, 0) is 4.74 Å². The van der Waals surface area contributed by atoms with E-state index in [4.69, 9.17) is 4.74 Å². The number of ether oxygens (including phenoxy) is 1. The molecule has 1 rings (SSSR count). The Morgan fingerprint density at radius 1 is 1.16 bits per heavy atom. The van der Waals surface area contributed by atoms with Crippen LogP contribution in [0, 0.1) is 5.92 Å². The second kappa shape index (κ2) is 6.45. The SMILES string of the molecule is CC(C)CNc1ccc(NC(=O)OC(C)(C)C)cc1. The van der Waals surface area contributed by atoms with Gasteiger partial charge in [-0.2, -0.15) is 0 Å². The highest BCUT2D eigenvalue weighted by molar-refractivity contribution is 5.85. The van der Waals surface area contributed by atoms with E-state index in [9.17, 15) is 4.79 Å². The normalized spacial score (nSPS) is 11.3. The molecule has 0 unspecified atom stereocenters. The molecule has 0 saturated heterocycles. The minimum absolute atomic E-state index is 0.435. The molecule has 2 N–H and O–H groups in total. The minimum Gasteiger partial charge on any atom is -0.444 e. The molecule has 0 bridgehead atoms. The van der Waals surface area contributed by atoms with Gasteiger partial charge in [0.1, 0.15) is 5.60 Å². The smallest absolute Gasteiger partial charge is 0.412 e. The van der Waals surface area contributed by atoms with Crippen molar-refractivity contribution >= 4 is 17.5 Å². The van der Waals surface area contributed by atoms with E-state index < -0.39 is 11.7 Å². The van der Waals surface area contributed by atoms with Gasteiger partial charge in [0.25, 0.3) is 0 Å². The molecule has 0 aliphatic carbocycles. The predicted octanol–water partition coefficient (Wildman–Crippen LogP) is 4.10. The van der Waals surface area contributed by atoms with Crippen LogP contribution in [0.4, 0.5) is 16.2 Å². The molecule has 4 heteroatoms. The molecule has 0 fully saturated rings. The van der Waals surface area contributed by atoms with E-state index in [0.29, 0.717) is 5.92 Å². The molecule has 0 spiro atoms. The summed E-state index contributed by atoms with van der Waals surface area (Å²) < 4.78 is 5.19.